The molecule has 0 saturated heterocycles. The van der Waals surface area contributed by atoms with Crippen LogP contribution in [0.1, 0.15) is 45.7 Å². The fourth-order valence-corrected chi connectivity index (χ4v) is 1.95. The van der Waals surface area contributed by atoms with Crippen molar-refractivity contribution in [1.82, 2.24) is 0 Å². The fraction of sp³-hybridized carbons (Fsp3) is 0.538. The van der Waals surface area contributed by atoms with Gasteiger partial charge >= 0.3 is 0 Å². The minimum atomic E-state index is 0.157. The van der Waals surface area contributed by atoms with E-state index in [1.807, 2.05) is 0 Å². The Kier molecular flexibility index (Phi) is 3.07. The number of benzene rings is 1. The van der Waals surface area contributed by atoms with E-state index in [0.717, 1.165) is 0 Å². The Hall–Kier alpha value is -0.350. The third kappa shape index (κ3) is 2.58. The zero-order valence-corrected chi connectivity index (χ0v) is 11.0. The SMILES string of the molecule is CC(C)(C)c1ccccc1C(C)(C)P. The van der Waals surface area contributed by atoms with Crippen molar-refractivity contribution in [2.24, 2.45) is 0 Å². The van der Waals surface area contributed by atoms with Crippen LogP contribution in [-0.4, -0.2) is 0 Å². The van der Waals surface area contributed by atoms with Crippen LogP contribution < -0.4 is 0 Å². The molecule has 0 N–H and O–H groups in total. The first-order chi connectivity index (χ1) is 6.23. The van der Waals surface area contributed by atoms with Crippen LogP contribution in [0.25, 0.3) is 0 Å². The van der Waals surface area contributed by atoms with Gasteiger partial charge in [0.25, 0.3) is 0 Å². The van der Waals surface area contributed by atoms with E-state index in [4.69, 9.17) is 0 Å². The van der Waals surface area contributed by atoms with E-state index in [0.29, 0.717) is 0 Å². The first kappa shape index (κ1) is 11.7. The summed E-state index contributed by atoms with van der Waals surface area (Å²) >= 11 is 0. The maximum atomic E-state index is 2.92. The molecule has 0 spiro atoms. The molecule has 0 aliphatic heterocycles. The van der Waals surface area contributed by atoms with Crippen molar-refractivity contribution in [3.63, 3.8) is 0 Å². The van der Waals surface area contributed by atoms with E-state index in [9.17, 15) is 0 Å². The van der Waals surface area contributed by atoms with Crippen molar-refractivity contribution in [3.05, 3.63) is 35.4 Å². The van der Waals surface area contributed by atoms with E-state index < -0.39 is 0 Å². The summed E-state index contributed by atoms with van der Waals surface area (Å²) in [6.45, 7) is 11.3. The van der Waals surface area contributed by atoms with Gasteiger partial charge in [-0.25, -0.2) is 0 Å². The Bertz CT molecular complexity index is 280. The van der Waals surface area contributed by atoms with Crippen molar-refractivity contribution in [1.29, 1.82) is 0 Å². The van der Waals surface area contributed by atoms with Gasteiger partial charge in [-0.15, -0.1) is 9.24 Å². The maximum Gasteiger partial charge on any atom is 0.00442 e. The summed E-state index contributed by atoms with van der Waals surface area (Å²) < 4.78 is 0. The lowest BCUT2D eigenvalue weighted by Gasteiger charge is -2.29. The van der Waals surface area contributed by atoms with Gasteiger partial charge in [0.05, 0.1) is 0 Å². The highest BCUT2D eigenvalue weighted by molar-refractivity contribution is 7.18. The van der Waals surface area contributed by atoms with Crippen LogP contribution in [0, 0.1) is 0 Å². The van der Waals surface area contributed by atoms with Crippen LogP contribution in [0.5, 0.6) is 0 Å². The molecule has 0 aliphatic carbocycles. The molecule has 0 amide bonds. The Morgan fingerprint density at radius 2 is 1.29 bits per heavy atom. The van der Waals surface area contributed by atoms with E-state index >= 15 is 0 Å². The van der Waals surface area contributed by atoms with Gasteiger partial charge in [0, 0.05) is 5.16 Å². The average molecular weight is 208 g/mol. The normalized spacial score (nSPS) is 13.0. The quantitative estimate of drug-likeness (QED) is 0.610. The summed E-state index contributed by atoms with van der Waals surface area (Å²) in [6.07, 6.45) is 0. The maximum absolute atomic E-state index is 2.92. The molecule has 1 aromatic carbocycles. The molecule has 14 heavy (non-hydrogen) atoms. The van der Waals surface area contributed by atoms with Crippen LogP contribution in [0.15, 0.2) is 24.3 Å². The largest absolute Gasteiger partial charge is 0.127 e. The molecule has 0 heterocycles. The van der Waals surface area contributed by atoms with Crippen LogP contribution in [0.4, 0.5) is 0 Å². The van der Waals surface area contributed by atoms with Crippen molar-refractivity contribution in [2.75, 3.05) is 0 Å². The molecular formula is C13H21P. The van der Waals surface area contributed by atoms with Crippen molar-refractivity contribution in [3.8, 4) is 0 Å². The van der Waals surface area contributed by atoms with Gasteiger partial charge < -0.3 is 0 Å². The second-order valence-electron chi connectivity index (χ2n) is 5.52. The molecule has 1 aromatic rings. The summed E-state index contributed by atoms with van der Waals surface area (Å²) in [7, 11) is 2.92. The minimum absolute atomic E-state index is 0.157. The Balaban J connectivity index is 3.31. The number of rotatable bonds is 1. The highest BCUT2D eigenvalue weighted by Gasteiger charge is 2.23. The van der Waals surface area contributed by atoms with E-state index in [2.05, 4.69) is 68.1 Å². The second kappa shape index (κ2) is 3.66. The molecule has 0 bridgehead atoms. The van der Waals surface area contributed by atoms with Gasteiger partial charge in [0.15, 0.2) is 0 Å². The van der Waals surface area contributed by atoms with Crippen molar-refractivity contribution in [2.45, 2.75) is 45.2 Å². The molecule has 0 aromatic heterocycles. The zero-order valence-electron chi connectivity index (χ0n) is 9.89. The molecule has 78 valence electrons. The summed E-state index contributed by atoms with van der Waals surface area (Å²) in [4.78, 5) is 0. The zero-order chi connectivity index (χ0) is 11.0. The van der Waals surface area contributed by atoms with Crippen LogP contribution >= 0.6 is 9.24 Å². The fourth-order valence-electron chi connectivity index (χ4n) is 1.70. The van der Waals surface area contributed by atoms with Crippen molar-refractivity contribution < 1.29 is 0 Å². The number of hydrogen-bond donors (Lipinski definition) is 0. The molecule has 0 nitrogen and oxygen atoms in total. The van der Waals surface area contributed by atoms with Gasteiger partial charge in [-0.05, 0) is 16.5 Å². The molecular weight excluding hydrogens is 187 g/mol. The predicted molar refractivity (Wildman–Crippen MR) is 67.9 cm³/mol. The van der Waals surface area contributed by atoms with E-state index in [1.54, 1.807) is 0 Å². The molecule has 0 saturated carbocycles. The minimum Gasteiger partial charge on any atom is -0.127 e. The van der Waals surface area contributed by atoms with Crippen LogP contribution in [0.3, 0.4) is 0 Å². The third-order valence-electron chi connectivity index (χ3n) is 2.43. The lowest BCUT2D eigenvalue weighted by molar-refractivity contribution is 0.571. The highest BCUT2D eigenvalue weighted by Crippen LogP contribution is 2.37. The summed E-state index contributed by atoms with van der Waals surface area (Å²) in [6, 6.07) is 8.71. The molecule has 0 fully saturated rings. The summed E-state index contributed by atoms with van der Waals surface area (Å²) in [5, 5.41) is 0.157. The Morgan fingerprint density at radius 1 is 0.857 bits per heavy atom. The Morgan fingerprint density at radius 3 is 1.57 bits per heavy atom. The van der Waals surface area contributed by atoms with Crippen molar-refractivity contribution >= 4 is 9.24 Å². The van der Waals surface area contributed by atoms with Gasteiger partial charge in [0.2, 0.25) is 0 Å². The average Bonchev–Trinajstić information content (AvgIpc) is 2.01. The van der Waals surface area contributed by atoms with Crippen LogP contribution in [0.2, 0.25) is 0 Å². The standard InChI is InChI=1S/C13H21P/c1-12(2,3)10-8-6-7-9-11(10)13(4,5)14/h6-9H,14H2,1-5H3. The molecule has 1 rings (SSSR count). The lowest BCUT2D eigenvalue weighted by atomic mass is 9.80. The first-order valence-corrected chi connectivity index (χ1v) is 5.69. The predicted octanol–water partition coefficient (Wildman–Crippen LogP) is 4.09. The van der Waals surface area contributed by atoms with Crippen LogP contribution in [-0.2, 0) is 10.6 Å². The topological polar surface area (TPSA) is 0 Å². The summed E-state index contributed by atoms with van der Waals surface area (Å²) in [5.41, 5.74) is 3.10. The second-order valence-corrected chi connectivity index (χ2v) is 6.96. The van der Waals surface area contributed by atoms with Gasteiger partial charge in [0.1, 0.15) is 0 Å². The highest BCUT2D eigenvalue weighted by atomic mass is 31.0. The molecule has 1 unspecified atom stereocenters. The summed E-state index contributed by atoms with van der Waals surface area (Å²) in [5.74, 6) is 0. The monoisotopic (exact) mass is 208 g/mol. The Labute approximate surface area is 90.3 Å². The smallest absolute Gasteiger partial charge is 0.00442 e. The third-order valence-corrected chi connectivity index (χ3v) is 2.74. The van der Waals surface area contributed by atoms with E-state index in [-0.39, 0.29) is 10.6 Å². The number of hydrogen-bond acceptors (Lipinski definition) is 0. The van der Waals surface area contributed by atoms with Gasteiger partial charge in [-0.2, -0.15) is 0 Å². The lowest BCUT2D eigenvalue weighted by Crippen LogP contribution is -2.19. The molecule has 0 aliphatic rings. The molecule has 0 radical (unpaired) electrons. The van der Waals surface area contributed by atoms with Gasteiger partial charge in [-0.3, -0.25) is 0 Å². The first-order valence-electron chi connectivity index (χ1n) is 5.12. The van der Waals surface area contributed by atoms with E-state index in [1.165, 1.54) is 11.1 Å². The molecule has 1 heteroatoms. The molecule has 1 atom stereocenters. The van der Waals surface area contributed by atoms with Gasteiger partial charge in [-0.1, -0.05) is 58.9 Å².